The van der Waals surface area contributed by atoms with Crippen molar-refractivity contribution in [2.45, 2.75) is 38.3 Å². The zero-order valence-electron chi connectivity index (χ0n) is 13.0. The first kappa shape index (κ1) is 16.2. The summed E-state index contributed by atoms with van der Waals surface area (Å²) >= 11 is 11.3. The van der Waals surface area contributed by atoms with E-state index in [0.717, 1.165) is 23.5 Å². The van der Waals surface area contributed by atoms with Crippen LogP contribution in [-0.2, 0) is 6.54 Å². The fraction of sp³-hybridized carbons (Fsp3) is 0.438. The van der Waals surface area contributed by atoms with Crippen LogP contribution in [0.4, 0.5) is 0 Å². The van der Waals surface area contributed by atoms with Crippen molar-refractivity contribution < 1.29 is 4.42 Å². The fourth-order valence-corrected chi connectivity index (χ4v) is 3.24. The number of aromatic nitrogens is 2. The molecule has 1 aliphatic rings. The van der Waals surface area contributed by atoms with E-state index in [2.05, 4.69) is 20.4 Å². The first-order valence-corrected chi connectivity index (χ1v) is 8.52. The lowest BCUT2D eigenvalue weighted by Gasteiger charge is -2.29. The molecule has 0 bridgehead atoms. The third kappa shape index (κ3) is 3.82. The molecule has 3 rings (SSSR count). The second-order valence-electron chi connectivity index (χ2n) is 5.63. The Balaban J connectivity index is 1.75. The maximum absolute atomic E-state index is 5.90. The second kappa shape index (κ2) is 7.27. The summed E-state index contributed by atoms with van der Waals surface area (Å²) in [6, 6.07) is 7.80. The number of benzene rings is 1. The molecular formula is C16H19ClN4OS. The van der Waals surface area contributed by atoms with Gasteiger partial charge in [0.1, 0.15) is 0 Å². The molecule has 122 valence electrons. The summed E-state index contributed by atoms with van der Waals surface area (Å²) in [4.78, 5) is 2.15. The highest BCUT2D eigenvalue weighted by molar-refractivity contribution is 7.80. The monoisotopic (exact) mass is 350 g/mol. The van der Waals surface area contributed by atoms with Gasteiger partial charge in [-0.1, -0.05) is 24.4 Å². The van der Waals surface area contributed by atoms with E-state index >= 15 is 0 Å². The van der Waals surface area contributed by atoms with Gasteiger partial charge in [0.25, 0.3) is 0 Å². The van der Waals surface area contributed by atoms with Crippen LogP contribution in [0.25, 0.3) is 11.5 Å². The van der Waals surface area contributed by atoms with Crippen molar-refractivity contribution in [1.82, 2.24) is 20.4 Å². The molecule has 1 heterocycles. The van der Waals surface area contributed by atoms with Gasteiger partial charge in [-0.05, 0) is 49.3 Å². The number of halogens is 1. The van der Waals surface area contributed by atoms with Gasteiger partial charge >= 0.3 is 0 Å². The molecule has 1 aromatic carbocycles. The van der Waals surface area contributed by atoms with Gasteiger partial charge < -0.3 is 14.6 Å². The highest BCUT2D eigenvalue weighted by Crippen LogP contribution is 2.26. The molecule has 7 heteroatoms. The highest BCUT2D eigenvalue weighted by atomic mass is 35.5. The van der Waals surface area contributed by atoms with E-state index in [-0.39, 0.29) is 0 Å². The average Bonchev–Trinajstić information content (AvgIpc) is 3.24. The maximum Gasteiger partial charge on any atom is 0.247 e. The molecular weight excluding hydrogens is 332 g/mol. The number of hydrogen-bond acceptors (Lipinski definition) is 4. The minimum absolute atomic E-state index is 0.445. The summed E-state index contributed by atoms with van der Waals surface area (Å²) in [5.41, 5.74) is 0.858. The molecule has 2 aromatic rings. The Morgan fingerprint density at radius 1 is 1.30 bits per heavy atom. The minimum atomic E-state index is 0.445. The topological polar surface area (TPSA) is 54.2 Å². The van der Waals surface area contributed by atoms with Crippen molar-refractivity contribution >= 4 is 28.9 Å². The second-order valence-corrected chi connectivity index (χ2v) is 6.45. The molecule has 1 aliphatic carbocycles. The largest absolute Gasteiger partial charge is 0.419 e. The van der Waals surface area contributed by atoms with Crippen molar-refractivity contribution in [3.8, 4) is 11.5 Å². The summed E-state index contributed by atoms with van der Waals surface area (Å²) in [7, 11) is 1.84. The maximum atomic E-state index is 5.90. The van der Waals surface area contributed by atoms with Crippen molar-refractivity contribution in [2.75, 3.05) is 7.05 Å². The summed E-state index contributed by atoms with van der Waals surface area (Å²) < 4.78 is 5.80. The molecule has 0 radical (unpaired) electrons. The number of hydrogen-bond donors (Lipinski definition) is 1. The van der Waals surface area contributed by atoms with Gasteiger partial charge in [-0.25, -0.2) is 0 Å². The molecule has 1 saturated carbocycles. The lowest BCUT2D eigenvalue weighted by molar-refractivity contribution is 0.276. The molecule has 1 aromatic heterocycles. The Kier molecular flexibility index (Phi) is 5.13. The van der Waals surface area contributed by atoms with Crippen molar-refractivity contribution in [3.63, 3.8) is 0 Å². The lowest BCUT2D eigenvalue weighted by Crippen LogP contribution is -2.43. The first-order chi connectivity index (χ1) is 11.2. The van der Waals surface area contributed by atoms with Gasteiger partial charge in [-0.2, -0.15) is 0 Å². The standard InChI is InChI=1S/C16H19ClN4OS/c1-18-16(23)21(13-4-2-3-5-13)10-14-19-20-15(22-14)11-6-8-12(17)9-7-11/h6-9,13H,2-5,10H2,1H3,(H,18,23). The molecule has 5 nitrogen and oxygen atoms in total. The van der Waals surface area contributed by atoms with E-state index in [1.54, 1.807) is 0 Å². The fourth-order valence-electron chi connectivity index (χ4n) is 2.90. The van der Waals surface area contributed by atoms with Crippen LogP contribution in [0.1, 0.15) is 31.6 Å². The molecule has 0 saturated heterocycles. The molecule has 0 amide bonds. The molecule has 1 N–H and O–H groups in total. The van der Waals surface area contributed by atoms with Crippen LogP contribution in [0.3, 0.4) is 0 Å². The summed E-state index contributed by atoms with van der Waals surface area (Å²) in [5.74, 6) is 1.07. The minimum Gasteiger partial charge on any atom is -0.419 e. The van der Waals surface area contributed by atoms with E-state index in [1.807, 2.05) is 31.3 Å². The average molecular weight is 351 g/mol. The normalized spacial score (nSPS) is 14.9. The Hall–Kier alpha value is -1.66. The predicted octanol–water partition coefficient (Wildman–Crippen LogP) is 3.64. The van der Waals surface area contributed by atoms with E-state index in [1.165, 1.54) is 12.8 Å². The molecule has 23 heavy (non-hydrogen) atoms. The van der Waals surface area contributed by atoms with E-state index in [9.17, 15) is 0 Å². The van der Waals surface area contributed by atoms with E-state index in [4.69, 9.17) is 28.2 Å². The summed E-state index contributed by atoms with van der Waals surface area (Å²) in [6.45, 7) is 0.533. The van der Waals surface area contributed by atoms with Gasteiger partial charge in [-0.15, -0.1) is 10.2 Å². The van der Waals surface area contributed by atoms with Crippen LogP contribution in [-0.4, -0.2) is 33.3 Å². The first-order valence-electron chi connectivity index (χ1n) is 7.74. The molecule has 0 aliphatic heterocycles. The Morgan fingerprint density at radius 3 is 2.65 bits per heavy atom. The van der Waals surface area contributed by atoms with Crippen molar-refractivity contribution in [3.05, 3.63) is 35.2 Å². The zero-order chi connectivity index (χ0) is 16.2. The Bertz CT molecular complexity index is 667. The summed E-state index contributed by atoms with van der Waals surface area (Å²) in [5, 5.41) is 12.8. The number of nitrogens with one attached hydrogen (secondary N) is 1. The van der Waals surface area contributed by atoms with Gasteiger partial charge in [0.05, 0.1) is 6.54 Å². The van der Waals surface area contributed by atoms with Crippen LogP contribution in [0, 0.1) is 0 Å². The summed E-state index contributed by atoms with van der Waals surface area (Å²) in [6.07, 6.45) is 4.79. The SMILES string of the molecule is CNC(=S)N(Cc1nnc(-c2ccc(Cl)cc2)o1)C1CCCC1. The third-order valence-corrected chi connectivity index (χ3v) is 4.79. The van der Waals surface area contributed by atoms with Crippen LogP contribution < -0.4 is 5.32 Å². The Morgan fingerprint density at radius 2 is 2.00 bits per heavy atom. The van der Waals surface area contributed by atoms with Crippen molar-refractivity contribution in [2.24, 2.45) is 0 Å². The smallest absolute Gasteiger partial charge is 0.247 e. The third-order valence-electron chi connectivity index (χ3n) is 4.10. The lowest BCUT2D eigenvalue weighted by atomic mass is 10.2. The molecule has 0 unspecified atom stereocenters. The van der Waals surface area contributed by atoms with Crippen molar-refractivity contribution in [1.29, 1.82) is 0 Å². The van der Waals surface area contributed by atoms with Crippen LogP contribution >= 0.6 is 23.8 Å². The van der Waals surface area contributed by atoms with Crippen LogP contribution in [0.2, 0.25) is 5.02 Å². The van der Waals surface area contributed by atoms with Gasteiger partial charge in [0.15, 0.2) is 5.11 Å². The predicted molar refractivity (Wildman–Crippen MR) is 94.2 cm³/mol. The van der Waals surface area contributed by atoms with Gasteiger partial charge in [0.2, 0.25) is 11.8 Å². The Labute approximate surface area is 146 Å². The quantitative estimate of drug-likeness (QED) is 0.850. The van der Waals surface area contributed by atoms with Gasteiger partial charge in [-0.3, -0.25) is 0 Å². The number of nitrogens with zero attached hydrogens (tertiary/aromatic N) is 3. The number of thiocarbonyl (C=S) groups is 1. The van der Waals surface area contributed by atoms with Gasteiger partial charge in [0, 0.05) is 23.7 Å². The zero-order valence-corrected chi connectivity index (χ0v) is 14.5. The van der Waals surface area contributed by atoms with Crippen LogP contribution in [0.5, 0.6) is 0 Å². The molecule has 0 spiro atoms. The highest BCUT2D eigenvalue weighted by Gasteiger charge is 2.26. The van der Waals surface area contributed by atoms with E-state index in [0.29, 0.717) is 29.4 Å². The molecule has 1 fully saturated rings. The van der Waals surface area contributed by atoms with Crippen LogP contribution in [0.15, 0.2) is 28.7 Å². The van der Waals surface area contributed by atoms with E-state index < -0.39 is 0 Å². The molecule has 0 atom stereocenters. The number of rotatable bonds is 4.